The van der Waals surface area contributed by atoms with Crippen LogP contribution in [0.5, 0.6) is 5.75 Å². The number of amides is 1. The SMILES string of the molecule is CCn1nc(C(=O)NCC2CC2)cc1-c1ccccc1OC. The second-order valence-electron chi connectivity index (χ2n) is 5.58. The minimum absolute atomic E-state index is 0.102. The van der Waals surface area contributed by atoms with E-state index in [0.29, 0.717) is 18.2 Å². The summed E-state index contributed by atoms with van der Waals surface area (Å²) in [6.07, 6.45) is 2.44. The highest BCUT2D eigenvalue weighted by Crippen LogP contribution is 2.30. The average Bonchev–Trinajstić information content (AvgIpc) is 3.29. The quantitative estimate of drug-likeness (QED) is 0.892. The molecule has 1 aliphatic rings. The van der Waals surface area contributed by atoms with Crippen molar-refractivity contribution in [2.75, 3.05) is 13.7 Å². The Morgan fingerprint density at radius 1 is 1.41 bits per heavy atom. The normalized spacial score (nSPS) is 13.9. The van der Waals surface area contributed by atoms with Gasteiger partial charge in [0.2, 0.25) is 0 Å². The van der Waals surface area contributed by atoms with Gasteiger partial charge < -0.3 is 10.1 Å². The van der Waals surface area contributed by atoms with Crippen LogP contribution in [0.15, 0.2) is 30.3 Å². The van der Waals surface area contributed by atoms with Gasteiger partial charge in [0.05, 0.1) is 12.8 Å². The number of nitrogens with one attached hydrogen (secondary N) is 1. The Bertz CT molecular complexity index is 674. The standard InChI is InChI=1S/C17H21N3O2/c1-3-20-15(13-6-4-5-7-16(13)22-2)10-14(19-20)17(21)18-11-12-8-9-12/h4-7,10,12H,3,8-9,11H2,1-2H3,(H,18,21). The smallest absolute Gasteiger partial charge is 0.271 e. The molecule has 1 heterocycles. The molecule has 2 aromatic rings. The van der Waals surface area contributed by atoms with E-state index in [4.69, 9.17) is 4.74 Å². The van der Waals surface area contributed by atoms with Crippen molar-refractivity contribution < 1.29 is 9.53 Å². The number of hydrogen-bond acceptors (Lipinski definition) is 3. The van der Waals surface area contributed by atoms with Gasteiger partial charge in [-0.15, -0.1) is 0 Å². The third-order valence-corrected chi connectivity index (χ3v) is 3.94. The number of rotatable bonds is 6. The summed E-state index contributed by atoms with van der Waals surface area (Å²) in [4.78, 5) is 12.2. The Hall–Kier alpha value is -2.30. The van der Waals surface area contributed by atoms with Gasteiger partial charge in [-0.25, -0.2) is 0 Å². The first-order valence-corrected chi connectivity index (χ1v) is 7.72. The average molecular weight is 299 g/mol. The summed E-state index contributed by atoms with van der Waals surface area (Å²) in [7, 11) is 1.65. The lowest BCUT2D eigenvalue weighted by molar-refractivity contribution is 0.0946. The first-order valence-electron chi connectivity index (χ1n) is 7.72. The van der Waals surface area contributed by atoms with E-state index in [-0.39, 0.29) is 5.91 Å². The Morgan fingerprint density at radius 2 is 2.18 bits per heavy atom. The number of para-hydroxylation sites is 1. The van der Waals surface area contributed by atoms with Crippen LogP contribution in [0.2, 0.25) is 0 Å². The number of aromatic nitrogens is 2. The van der Waals surface area contributed by atoms with Crippen molar-refractivity contribution in [3.63, 3.8) is 0 Å². The third-order valence-electron chi connectivity index (χ3n) is 3.94. The van der Waals surface area contributed by atoms with Gasteiger partial charge in [0.1, 0.15) is 5.75 Å². The Kier molecular flexibility index (Phi) is 4.13. The maximum atomic E-state index is 12.2. The van der Waals surface area contributed by atoms with Crippen LogP contribution < -0.4 is 10.1 Å². The molecule has 1 saturated carbocycles. The Labute approximate surface area is 130 Å². The van der Waals surface area contributed by atoms with Crippen LogP contribution in [0.4, 0.5) is 0 Å². The summed E-state index contributed by atoms with van der Waals surface area (Å²) in [6, 6.07) is 9.61. The molecule has 0 aliphatic heterocycles. The Balaban J connectivity index is 1.88. The molecule has 5 nitrogen and oxygen atoms in total. The molecule has 0 spiro atoms. The first kappa shape index (κ1) is 14.6. The lowest BCUT2D eigenvalue weighted by Crippen LogP contribution is -2.26. The minimum Gasteiger partial charge on any atom is -0.496 e. The van der Waals surface area contributed by atoms with Crippen LogP contribution in [0, 0.1) is 5.92 Å². The van der Waals surface area contributed by atoms with Crippen molar-refractivity contribution in [3.8, 4) is 17.0 Å². The highest BCUT2D eigenvalue weighted by atomic mass is 16.5. The van der Waals surface area contributed by atoms with Gasteiger partial charge in [-0.1, -0.05) is 12.1 Å². The molecule has 1 aromatic carbocycles. The van der Waals surface area contributed by atoms with Gasteiger partial charge in [-0.3, -0.25) is 9.48 Å². The number of hydrogen-bond donors (Lipinski definition) is 1. The molecule has 0 radical (unpaired) electrons. The summed E-state index contributed by atoms with van der Waals surface area (Å²) in [5, 5.41) is 7.39. The Morgan fingerprint density at radius 3 is 2.86 bits per heavy atom. The number of carbonyl (C=O) groups excluding carboxylic acids is 1. The van der Waals surface area contributed by atoms with Crippen molar-refractivity contribution in [1.82, 2.24) is 15.1 Å². The molecule has 5 heteroatoms. The van der Waals surface area contributed by atoms with E-state index in [2.05, 4.69) is 10.4 Å². The second kappa shape index (κ2) is 6.22. The summed E-state index contributed by atoms with van der Waals surface area (Å²) < 4.78 is 7.25. The van der Waals surface area contributed by atoms with Crippen molar-refractivity contribution in [2.24, 2.45) is 5.92 Å². The number of benzene rings is 1. The van der Waals surface area contributed by atoms with E-state index in [1.54, 1.807) is 7.11 Å². The van der Waals surface area contributed by atoms with E-state index in [1.807, 2.05) is 41.9 Å². The minimum atomic E-state index is -0.102. The predicted molar refractivity (Wildman–Crippen MR) is 84.9 cm³/mol. The molecule has 1 amide bonds. The van der Waals surface area contributed by atoms with E-state index >= 15 is 0 Å². The van der Waals surface area contributed by atoms with Gasteiger partial charge in [-0.2, -0.15) is 5.10 Å². The summed E-state index contributed by atoms with van der Waals surface area (Å²) in [5.41, 5.74) is 2.31. The molecule has 1 aliphatic carbocycles. The number of nitrogens with zero attached hydrogens (tertiary/aromatic N) is 2. The van der Waals surface area contributed by atoms with E-state index < -0.39 is 0 Å². The molecule has 3 rings (SSSR count). The van der Waals surface area contributed by atoms with E-state index in [0.717, 1.165) is 23.6 Å². The monoisotopic (exact) mass is 299 g/mol. The van der Waals surface area contributed by atoms with Crippen molar-refractivity contribution in [1.29, 1.82) is 0 Å². The largest absolute Gasteiger partial charge is 0.496 e. The molecule has 1 fully saturated rings. The molecule has 0 saturated heterocycles. The van der Waals surface area contributed by atoms with E-state index in [1.165, 1.54) is 12.8 Å². The van der Waals surface area contributed by atoms with Crippen LogP contribution in [0.3, 0.4) is 0 Å². The molecular formula is C17H21N3O2. The summed E-state index contributed by atoms with van der Waals surface area (Å²) in [6.45, 7) is 3.46. The van der Waals surface area contributed by atoms with Crippen molar-refractivity contribution in [2.45, 2.75) is 26.3 Å². The summed E-state index contributed by atoms with van der Waals surface area (Å²) >= 11 is 0. The number of ether oxygens (including phenoxy) is 1. The maximum Gasteiger partial charge on any atom is 0.271 e. The fourth-order valence-electron chi connectivity index (χ4n) is 2.49. The second-order valence-corrected chi connectivity index (χ2v) is 5.58. The molecule has 0 atom stereocenters. The number of methoxy groups -OCH3 is 1. The van der Waals surface area contributed by atoms with Gasteiger partial charge in [0.25, 0.3) is 5.91 Å². The van der Waals surface area contributed by atoms with Crippen LogP contribution in [0.25, 0.3) is 11.3 Å². The molecular weight excluding hydrogens is 278 g/mol. The highest BCUT2D eigenvalue weighted by molar-refractivity contribution is 5.93. The fraction of sp³-hybridized carbons (Fsp3) is 0.412. The van der Waals surface area contributed by atoms with Gasteiger partial charge >= 0.3 is 0 Å². The molecule has 1 aromatic heterocycles. The predicted octanol–water partition coefficient (Wildman–Crippen LogP) is 2.72. The zero-order valence-corrected chi connectivity index (χ0v) is 13.0. The first-order chi connectivity index (χ1) is 10.7. The lowest BCUT2D eigenvalue weighted by atomic mass is 10.1. The molecule has 0 unspecified atom stereocenters. The van der Waals surface area contributed by atoms with Gasteiger partial charge in [0.15, 0.2) is 5.69 Å². The fourth-order valence-corrected chi connectivity index (χ4v) is 2.49. The zero-order chi connectivity index (χ0) is 15.5. The van der Waals surface area contributed by atoms with Crippen LogP contribution in [-0.4, -0.2) is 29.3 Å². The lowest BCUT2D eigenvalue weighted by Gasteiger charge is -2.09. The molecule has 22 heavy (non-hydrogen) atoms. The van der Waals surface area contributed by atoms with Gasteiger partial charge in [0, 0.05) is 18.7 Å². The number of aryl methyl sites for hydroxylation is 1. The topological polar surface area (TPSA) is 56.2 Å². The number of carbonyl (C=O) groups is 1. The zero-order valence-electron chi connectivity index (χ0n) is 13.0. The third kappa shape index (κ3) is 2.98. The highest BCUT2D eigenvalue weighted by Gasteiger charge is 2.23. The van der Waals surface area contributed by atoms with E-state index in [9.17, 15) is 4.79 Å². The van der Waals surface area contributed by atoms with Crippen LogP contribution in [0.1, 0.15) is 30.3 Å². The van der Waals surface area contributed by atoms with Crippen LogP contribution in [-0.2, 0) is 6.54 Å². The molecule has 0 bridgehead atoms. The van der Waals surface area contributed by atoms with Crippen molar-refractivity contribution in [3.05, 3.63) is 36.0 Å². The van der Waals surface area contributed by atoms with Gasteiger partial charge in [-0.05, 0) is 43.9 Å². The summed E-state index contributed by atoms with van der Waals surface area (Å²) in [5.74, 6) is 1.34. The molecule has 116 valence electrons. The molecule has 1 N–H and O–H groups in total. The van der Waals surface area contributed by atoms with Crippen LogP contribution >= 0.6 is 0 Å². The maximum absolute atomic E-state index is 12.2. The van der Waals surface area contributed by atoms with Crippen molar-refractivity contribution >= 4 is 5.91 Å².